The molecule has 160 valence electrons. The summed E-state index contributed by atoms with van der Waals surface area (Å²) >= 11 is 1.43. The standard InChI is InChI=1S/C24H26N4O2S/c1-24(2,3)16-9-7-15(8-10-16)21-18(14-25)22(28-23(27-21)31-6)26-17-11-12-19(29-4)20(13-17)30-5/h7-13H,1-6H3,(H,26,27,28). The van der Waals surface area contributed by atoms with Gasteiger partial charge in [0.2, 0.25) is 0 Å². The van der Waals surface area contributed by atoms with Crippen LogP contribution < -0.4 is 14.8 Å². The summed E-state index contributed by atoms with van der Waals surface area (Å²) < 4.78 is 10.7. The molecule has 1 aromatic heterocycles. The Morgan fingerprint density at radius 3 is 2.19 bits per heavy atom. The van der Waals surface area contributed by atoms with E-state index in [1.54, 1.807) is 26.4 Å². The van der Waals surface area contributed by atoms with Crippen LogP contribution in [0, 0.1) is 11.3 Å². The van der Waals surface area contributed by atoms with E-state index in [9.17, 15) is 5.26 Å². The molecule has 3 rings (SSSR count). The molecule has 0 saturated carbocycles. The number of benzene rings is 2. The van der Waals surface area contributed by atoms with Crippen LogP contribution in [0.5, 0.6) is 11.5 Å². The van der Waals surface area contributed by atoms with Crippen molar-refractivity contribution in [2.75, 3.05) is 25.8 Å². The molecule has 0 bridgehead atoms. The minimum atomic E-state index is 0.0484. The van der Waals surface area contributed by atoms with Crippen LogP contribution in [0.4, 0.5) is 11.5 Å². The second-order valence-electron chi connectivity index (χ2n) is 7.92. The molecule has 2 aromatic carbocycles. The first-order chi connectivity index (χ1) is 14.8. The molecule has 0 atom stereocenters. The highest BCUT2D eigenvalue weighted by Gasteiger charge is 2.18. The average molecular weight is 435 g/mol. The van der Waals surface area contributed by atoms with Gasteiger partial charge in [-0.2, -0.15) is 5.26 Å². The number of hydrogen-bond acceptors (Lipinski definition) is 7. The zero-order valence-corrected chi connectivity index (χ0v) is 19.4. The van der Waals surface area contributed by atoms with Gasteiger partial charge in [-0.05, 0) is 29.4 Å². The van der Waals surface area contributed by atoms with E-state index in [4.69, 9.17) is 9.47 Å². The Morgan fingerprint density at radius 2 is 1.65 bits per heavy atom. The fraction of sp³-hybridized carbons (Fsp3) is 0.292. The molecule has 3 aromatic rings. The van der Waals surface area contributed by atoms with Crippen LogP contribution in [0.2, 0.25) is 0 Å². The Hall–Kier alpha value is -3.24. The summed E-state index contributed by atoms with van der Waals surface area (Å²) in [6.45, 7) is 6.51. The second kappa shape index (κ2) is 9.27. The first-order valence-corrected chi connectivity index (χ1v) is 11.0. The summed E-state index contributed by atoms with van der Waals surface area (Å²) in [5, 5.41) is 13.8. The van der Waals surface area contributed by atoms with Gasteiger partial charge in [0.1, 0.15) is 11.6 Å². The highest BCUT2D eigenvalue weighted by molar-refractivity contribution is 7.98. The number of anilines is 2. The van der Waals surface area contributed by atoms with E-state index in [0.717, 1.165) is 11.3 Å². The average Bonchev–Trinajstić information content (AvgIpc) is 2.77. The van der Waals surface area contributed by atoms with Gasteiger partial charge in [0, 0.05) is 17.3 Å². The highest BCUT2D eigenvalue weighted by Crippen LogP contribution is 2.34. The second-order valence-corrected chi connectivity index (χ2v) is 8.69. The Morgan fingerprint density at radius 1 is 0.968 bits per heavy atom. The first kappa shape index (κ1) is 22.4. The molecule has 0 unspecified atom stereocenters. The third-order valence-electron chi connectivity index (χ3n) is 4.85. The van der Waals surface area contributed by atoms with Crippen molar-refractivity contribution in [1.82, 2.24) is 9.97 Å². The third kappa shape index (κ3) is 4.92. The van der Waals surface area contributed by atoms with Gasteiger partial charge in [-0.3, -0.25) is 0 Å². The number of thioether (sulfide) groups is 1. The van der Waals surface area contributed by atoms with Gasteiger partial charge in [-0.1, -0.05) is 56.8 Å². The van der Waals surface area contributed by atoms with Gasteiger partial charge in [-0.25, -0.2) is 9.97 Å². The molecule has 1 heterocycles. The quantitative estimate of drug-likeness (QED) is 0.388. The van der Waals surface area contributed by atoms with Gasteiger partial charge < -0.3 is 14.8 Å². The fourth-order valence-electron chi connectivity index (χ4n) is 3.12. The Balaban J connectivity index is 2.07. The van der Waals surface area contributed by atoms with Gasteiger partial charge in [0.05, 0.1) is 19.9 Å². The molecule has 1 N–H and O–H groups in total. The smallest absolute Gasteiger partial charge is 0.189 e. The number of rotatable bonds is 6. The van der Waals surface area contributed by atoms with Gasteiger partial charge in [0.15, 0.2) is 22.5 Å². The zero-order chi connectivity index (χ0) is 22.6. The number of aromatic nitrogens is 2. The molecule has 0 aliphatic heterocycles. The Labute approximate surface area is 187 Å². The van der Waals surface area contributed by atoms with E-state index in [2.05, 4.69) is 54.3 Å². The van der Waals surface area contributed by atoms with Crippen LogP contribution in [-0.4, -0.2) is 30.4 Å². The maximum Gasteiger partial charge on any atom is 0.189 e. The van der Waals surface area contributed by atoms with Gasteiger partial charge in [0.25, 0.3) is 0 Å². The Bertz CT molecular complexity index is 1120. The Kier molecular flexibility index (Phi) is 6.71. The number of nitrogens with one attached hydrogen (secondary N) is 1. The number of ether oxygens (including phenoxy) is 2. The van der Waals surface area contributed by atoms with E-state index >= 15 is 0 Å². The van der Waals surface area contributed by atoms with Crippen LogP contribution in [0.3, 0.4) is 0 Å². The summed E-state index contributed by atoms with van der Waals surface area (Å²) in [5.74, 6) is 1.66. The third-order valence-corrected chi connectivity index (χ3v) is 5.40. The molecule has 0 spiro atoms. The lowest BCUT2D eigenvalue weighted by molar-refractivity contribution is 0.355. The molecule has 6 nitrogen and oxygen atoms in total. The van der Waals surface area contributed by atoms with E-state index in [0.29, 0.717) is 33.7 Å². The summed E-state index contributed by atoms with van der Waals surface area (Å²) in [6.07, 6.45) is 1.91. The van der Waals surface area contributed by atoms with Crippen molar-refractivity contribution in [1.29, 1.82) is 5.26 Å². The van der Waals surface area contributed by atoms with E-state index < -0.39 is 0 Å². The van der Waals surface area contributed by atoms with E-state index in [1.807, 2.05) is 24.5 Å². The summed E-state index contributed by atoms with van der Waals surface area (Å²) in [5.41, 5.74) is 3.86. The van der Waals surface area contributed by atoms with Crippen LogP contribution in [-0.2, 0) is 5.41 Å². The van der Waals surface area contributed by atoms with Crippen molar-refractivity contribution in [2.24, 2.45) is 0 Å². The molecule has 31 heavy (non-hydrogen) atoms. The maximum atomic E-state index is 9.95. The van der Waals surface area contributed by atoms with Crippen LogP contribution >= 0.6 is 11.8 Å². The van der Waals surface area contributed by atoms with E-state index in [1.165, 1.54) is 17.3 Å². The van der Waals surface area contributed by atoms with Crippen LogP contribution in [0.1, 0.15) is 31.9 Å². The van der Waals surface area contributed by atoms with Gasteiger partial charge >= 0.3 is 0 Å². The molecule has 7 heteroatoms. The lowest BCUT2D eigenvalue weighted by atomic mass is 9.86. The highest BCUT2D eigenvalue weighted by atomic mass is 32.2. The van der Waals surface area contributed by atoms with Gasteiger partial charge in [-0.15, -0.1) is 0 Å². The van der Waals surface area contributed by atoms with Crippen molar-refractivity contribution < 1.29 is 9.47 Å². The minimum absolute atomic E-state index is 0.0484. The van der Waals surface area contributed by atoms with Crippen LogP contribution in [0.25, 0.3) is 11.3 Å². The summed E-state index contributed by atoms with van der Waals surface area (Å²) in [6, 6.07) is 15.9. The molecule has 0 radical (unpaired) electrons. The minimum Gasteiger partial charge on any atom is -0.493 e. The number of hydrogen-bond donors (Lipinski definition) is 1. The zero-order valence-electron chi connectivity index (χ0n) is 18.6. The van der Waals surface area contributed by atoms with Crippen molar-refractivity contribution >= 4 is 23.3 Å². The van der Waals surface area contributed by atoms with Crippen molar-refractivity contribution in [3.05, 3.63) is 53.6 Å². The molecular formula is C24H26N4O2S. The first-order valence-electron chi connectivity index (χ1n) is 9.76. The van der Waals surface area contributed by atoms with E-state index in [-0.39, 0.29) is 5.41 Å². The summed E-state index contributed by atoms with van der Waals surface area (Å²) in [7, 11) is 3.17. The summed E-state index contributed by atoms with van der Waals surface area (Å²) in [4.78, 5) is 9.18. The molecule has 0 fully saturated rings. The molecule has 0 aliphatic rings. The lowest BCUT2D eigenvalue weighted by Crippen LogP contribution is -2.10. The predicted molar refractivity (Wildman–Crippen MR) is 125 cm³/mol. The van der Waals surface area contributed by atoms with Crippen molar-refractivity contribution in [3.63, 3.8) is 0 Å². The maximum absolute atomic E-state index is 9.95. The van der Waals surface area contributed by atoms with Crippen LogP contribution in [0.15, 0.2) is 47.6 Å². The monoisotopic (exact) mass is 434 g/mol. The lowest BCUT2D eigenvalue weighted by Gasteiger charge is -2.19. The van der Waals surface area contributed by atoms with Crippen molar-refractivity contribution in [3.8, 4) is 28.8 Å². The molecule has 0 amide bonds. The normalized spacial score (nSPS) is 11.0. The number of nitriles is 1. The fourth-order valence-corrected chi connectivity index (χ4v) is 3.48. The van der Waals surface area contributed by atoms with Crippen molar-refractivity contribution in [2.45, 2.75) is 31.3 Å². The molecule has 0 aliphatic carbocycles. The molecular weight excluding hydrogens is 408 g/mol. The largest absolute Gasteiger partial charge is 0.493 e. The topological polar surface area (TPSA) is 80.1 Å². The number of nitrogens with zero attached hydrogens (tertiary/aromatic N) is 3. The number of methoxy groups -OCH3 is 2. The molecule has 0 saturated heterocycles. The predicted octanol–water partition coefficient (Wildman–Crippen LogP) is 5.80. The SMILES string of the molecule is COc1ccc(Nc2nc(SC)nc(-c3ccc(C(C)(C)C)cc3)c2C#N)cc1OC.